The number of hydrogen-bond donors (Lipinski definition) is 1. The Morgan fingerprint density at radius 2 is 2.00 bits per heavy atom. The molecular weight excluding hydrogens is 331 g/mol. The van der Waals surface area contributed by atoms with Crippen LogP contribution in [0.15, 0.2) is 30.3 Å². The quantitative estimate of drug-likeness (QED) is 0.895. The van der Waals surface area contributed by atoms with E-state index in [1.54, 1.807) is 12.1 Å². The van der Waals surface area contributed by atoms with Crippen molar-refractivity contribution in [1.82, 2.24) is 15.3 Å². The van der Waals surface area contributed by atoms with Crippen LogP contribution < -0.4 is 10.2 Å². The summed E-state index contributed by atoms with van der Waals surface area (Å²) in [6, 6.07) is 8.62. The zero-order valence-electron chi connectivity index (χ0n) is 15.3. The van der Waals surface area contributed by atoms with E-state index in [0.29, 0.717) is 31.0 Å². The van der Waals surface area contributed by atoms with Gasteiger partial charge in [-0.2, -0.15) is 0 Å². The van der Waals surface area contributed by atoms with E-state index in [1.165, 1.54) is 6.07 Å². The van der Waals surface area contributed by atoms with Gasteiger partial charge >= 0.3 is 0 Å². The maximum Gasteiger partial charge on any atom is 0.225 e. The van der Waals surface area contributed by atoms with E-state index < -0.39 is 0 Å². The Morgan fingerprint density at radius 1 is 1.27 bits per heavy atom. The van der Waals surface area contributed by atoms with E-state index in [9.17, 15) is 9.18 Å². The van der Waals surface area contributed by atoms with Gasteiger partial charge in [-0.05, 0) is 50.8 Å². The van der Waals surface area contributed by atoms with Crippen LogP contribution in [0.3, 0.4) is 0 Å². The monoisotopic (exact) mass is 356 g/mol. The van der Waals surface area contributed by atoms with Crippen molar-refractivity contribution in [2.45, 2.75) is 33.1 Å². The van der Waals surface area contributed by atoms with Crippen LogP contribution in [0.1, 0.15) is 29.8 Å². The molecule has 1 aromatic carbocycles. The Morgan fingerprint density at radius 3 is 2.73 bits per heavy atom. The van der Waals surface area contributed by atoms with Crippen molar-refractivity contribution in [2.24, 2.45) is 5.92 Å². The number of carbonyl (C=O) groups is 1. The summed E-state index contributed by atoms with van der Waals surface area (Å²) >= 11 is 0. The maximum absolute atomic E-state index is 13.6. The highest BCUT2D eigenvalue weighted by Crippen LogP contribution is 2.21. The molecule has 0 aliphatic carbocycles. The number of aryl methyl sites for hydroxylation is 2. The molecule has 1 fully saturated rings. The molecule has 2 aromatic rings. The van der Waals surface area contributed by atoms with Crippen molar-refractivity contribution >= 4 is 11.9 Å². The number of rotatable bonds is 5. The number of nitrogens with zero attached hydrogens (tertiary/aromatic N) is 3. The number of amides is 1. The molecule has 1 amide bonds. The molecule has 0 radical (unpaired) electrons. The lowest BCUT2D eigenvalue weighted by Crippen LogP contribution is -2.44. The zero-order valence-corrected chi connectivity index (χ0v) is 15.3. The Bertz CT molecular complexity index is 760. The summed E-state index contributed by atoms with van der Waals surface area (Å²) in [4.78, 5) is 23.6. The van der Waals surface area contributed by atoms with Crippen LogP contribution in [0.25, 0.3) is 0 Å². The average molecular weight is 356 g/mol. The topological polar surface area (TPSA) is 58.1 Å². The summed E-state index contributed by atoms with van der Waals surface area (Å²) in [5.41, 5.74) is 2.50. The van der Waals surface area contributed by atoms with Gasteiger partial charge in [-0.3, -0.25) is 4.79 Å². The average Bonchev–Trinajstić information content (AvgIpc) is 2.62. The van der Waals surface area contributed by atoms with Crippen LogP contribution in [-0.4, -0.2) is 35.5 Å². The molecule has 26 heavy (non-hydrogen) atoms. The molecule has 138 valence electrons. The smallest absolute Gasteiger partial charge is 0.225 e. The van der Waals surface area contributed by atoms with Gasteiger partial charge in [-0.15, -0.1) is 0 Å². The highest BCUT2D eigenvalue weighted by atomic mass is 19.1. The highest BCUT2D eigenvalue weighted by Gasteiger charge is 2.27. The van der Waals surface area contributed by atoms with E-state index in [-0.39, 0.29) is 17.6 Å². The van der Waals surface area contributed by atoms with Crippen LogP contribution in [-0.2, 0) is 11.2 Å². The van der Waals surface area contributed by atoms with Gasteiger partial charge in [-0.1, -0.05) is 18.2 Å². The fraction of sp³-hybridized carbons (Fsp3) is 0.450. The molecular formula is C20H25FN4O. The van der Waals surface area contributed by atoms with Gasteiger partial charge in [0, 0.05) is 31.0 Å². The second-order valence-corrected chi connectivity index (χ2v) is 6.87. The van der Waals surface area contributed by atoms with Crippen molar-refractivity contribution in [3.8, 4) is 0 Å². The van der Waals surface area contributed by atoms with Gasteiger partial charge in [0.15, 0.2) is 0 Å². The second kappa shape index (κ2) is 8.25. The summed E-state index contributed by atoms with van der Waals surface area (Å²) in [6.07, 6.45) is 2.28. The molecule has 3 rings (SSSR count). The zero-order chi connectivity index (χ0) is 18.5. The molecule has 1 aliphatic rings. The van der Waals surface area contributed by atoms with Gasteiger partial charge in [0.2, 0.25) is 11.9 Å². The lowest BCUT2D eigenvalue weighted by Gasteiger charge is -2.32. The SMILES string of the molecule is Cc1cc(C)nc(N2CCC[C@@H](C(=O)NCCc3ccccc3F)C2)n1. The predicted molar refractivity (Wildman–Crippen MR) is 99.6 cm³/mol. The summed E-state index contributed by atoms with van der Waals surface area (Å²) in [5.74, 6) is 0.410. The Balaban J connectivity index is 1.55. The number of aromatic nitrogens is 2. The van der Waals surface area contributed by atoms with Crippen molar-refractivity contribution in [3.05, 3.63) is 53.1 Å². The molecule has 0 spiro atoms. The Hall–Kier alpha value is -2.50. The number of piperidine rings is 1. The molecule has 1 saturated heterocycles. The first kappa shape index (κ1) is 18.3. The standard InChI is InChI=1S/C20H25FN4O/c1-14-12-15(2)24-20(23-14)25-11-5-7-17(13-25)19(26)22-10-9-16-6-3-4-8-18(16)21/h3-4,6,8,12,17H,5,7,9-11,13H2,1-2H3,(H,22,26)/t17-/m1/s1. The van der Waals surface area contributed by atoms with Crippen LogP contribution in [0, 0.1) is 25.6 Å². The minimum Gasteiger partial charge on any atom is -0.355 e. The van der Waals surface area contributed by atoms with Crippen LogP contribution in [0.4, 0.5) is 10.3 Å². The number of carbonyl (C=O) groups excluding carboxylic acids is 1. The summed E-state index contributed by atoms with van der Waals surface area (Å²) < 4.78 is 13.6. The predicted octanol–water partition coefficient (Wildman–Crippen LogP) is 2.81. The van der Waals surface area contributed by atoms with E-state index in [4.69, 9.17) is 0 Å². The van der Waals surface area contributed by atoms with Crippen molar-refractivity contribution in [1.29, 1.82) is 0 Å². The van der Waals surface area contributed by atoms with Crippen molar-refractivity contribution in [3.63, 3.8) is 0 Å². The molecule has 0 unspecified atom stereocenters. The number of benzene rings is 1. The van der Waals surface area contributed by atoms with E-state index >= 15 is 0 Å². The molecule has 2 heterocycles. The van der Waals surface area contributed by atoms with Gasteiger partial charge in [0.05, 0.1) is 5.92 Å². The lowest BCUT2D eigenvalue weighted by molar-refractivity contribution is -0.125. The second-order valence-electron chi connectivity index (χ2n) is 6.87. The largest absolute Gasteiger partial charge is 0.355 e. The normalized spacial score (nSPS) is 17.2. The molecule has 1 atom stereocenters. The fourth-order valence-corrected chi connectivity index (χ4v) is 3.39. The number of halogens is 1. The van der Waals surface area contributed by atoms with Crippen LogP contribution in [0.2, 0.25) is 0 Å². The summed E-state index contributed by atoms with van der Waals surface area (Å²) in [5, 5.41) is 2.95. The summed E-state index contributed by atoms with van der Waals surface area (Å²) in [7, 11) is 0. The van der Waals surface area contributed by atoms with E-state index in [0.717, 1.165) is 30.8 Å². The van der Waals surface area contributed by atoms with Gasteiger partial charge in [0.25, 0.3) is 0 Å². The molecule has 1 aromatic heterocycles. The first-order chi connectivity index (χ1) is 12.5. The third-order valence-corrected chi connectivity index (χ3v) is 4.70. The molecule has 5 nitrogen and oxygen atoms in total. The van der Waals surface area contributed by atoms with Crippen molar-refractivity contribution < 1.29 is 9.18 Å². The van der Waals surface area contributed by atoms with Gasteiger partial charge in [0.1, 0.15) is 5.82 Å². The minimum atomic E-state index is -0.224. The van der Waals surface area contributed by atoms with E-state index in [2.05, 4.69) is 20.2 Å². The lowest BCUT2D eigenvalue weighted by atomic mass is 9.97. The molecule has 0 bridgehead atoms. The van der Waals surface area contributed by atoms with Crippen molar-refractivity contribution in [2.75, 3.05) is 24.5 Å². The van der Waals surface area contributed by atoms with Crippen LogP contribution >= 0.6 is 0 Å². The third-order valence-electron chi connectivity index (χ3n) is 4.70. The maximum atomic E-state index is 13.6. The molecule has 1 aliphatic heterocycles. The number of hydrogen-bond acceptors (Lipinski definition) is 4. The molecule has 0 saturated carbocycles. The minimum absolute atomic E-state index is 0.0235. The number of nitrogens with one attached hydrogen (secondary N) is 1. The first-order valence-electron chi connectivity index (χ1n) is 9.11. The Labute approximate surface area is 153 Å². The van der Waals surface area contributed by atoms with Gasteiger partial charge in [-0.25, -0.2) is 14.4 Å². The third kappa shape index (κ3) is 4.56. The summed E-state index contributed by atoms with van der Waals surface area (Å²) in [6.45, 7) is 5.83. The van der Waals surface area contributed by atoms with Crippen LogP contribution in [0.5, 0.6) is 0 Å². The number of anilines is 1. The van der Waals surface area contributed by atoms with Gasteiger partial charge < -0.3 is 10.2 Å². The first-order valence-corrected chi connectivity index (χ1v) is 9.11. The molecule has 6 heteroatoms. The molecule has 1 N–H and O–H groups in total. The Kier molecular flexibility index (Phi) is 5.81. The highest BCUT2D eigenvalue weighted by molar-refractivity contribution is 5.79. The fourth-order valence-electron chi connectivity index (χ4n) is 3.39. The van der Waals surface area contributed by atoms with E-state index in [1.807, 2.05) is 26.0 Å².